The van der Waals surface area contributed by atoms with E-state index in [1.54, 1.807) is 0 Å². The van der Waals surface area contributed by atoms with Gasteiger partial charge in [-0.15, -0.1) is 0 Å². The van der Waals surface area contributed by atoms with Crippen molar-refractivity contribution in [2.75, 3.05) is 26.2 Å². The number of hydrogen-bond acceptors (Lipinski definition) is 7. The largest absolute Gasteiger partial charge is 0.494 e. The SMILES string of the molecule is N#Cc1ccc(Oc2cc(Cl)cc(Cl)c2)c(S(=O)(=O)N(CCn2c(O)ccc2O)[C@H]2CN3CCC2CC3)c1. The molecule has 2 bridgehead atoms. The van der Waals surface area contributed by atoms with Gasteiger partial charge in [-0.05, 0) is 68.2 Å². The van der Waals surface area contributed by atoms with Crippen LogP contribution in [0.4, 0.5) is 0 Å². The number of aromatic hydroxyl groups is 2. The van der Waals surface area contributed by atoms with Gasteiger partial charge in [0.15, 0.2) is 11.8 Å². The summed E-state index contributed by atoms with van der Waals surface area (Å²) < 4.78 is 37.4. The average Bonchev–Trinajstić information content (AvgIpc) is 3.21. The first-order chi connectivity index (χ1) is 18.2. The molecule has 4 heterocycles. The molecule has 1 aromatic heterocycles. The second-order valence-corrected chi connectivity index (χ2v) is 12.2. The molecule has 3 aliphatic rings. The number of hydrogen-bond donors (Lipinski definition) is 2. The van der Waals surface area contributed by atoms with Gasteiger partial charge in [-0.25, -0.2) is 8.42 Å². The lowest BCUT2D eigenvalue weighted by Crippen LogP contribution is -2.59. The highest BCUT2D eigenvalue weighted by Crippen LogP contribution is 2.38. The Kier molecular flexibility index (Phi) is 7.49. The number of nitrogens with zero attached hydrogens (tertiary/aromatic N) is 4. The summed E-state index contributed by atoms with van der Waals surface area (Å²) in [6.07, 6.45) is 1.75. The number of aromatic nitrogens is 1. The van der Waals surface area contributed by atoms with Crippen LogP contribution in [0.2, 0.25) is 10.0 Å². The first-order valence-corrected chi connectivity index (χ1v) is 14.3. The topological polar surface area (TPSA) is 119 Å². The molecule has 200 valence electrons. The van der Waals surface area contributed by atoms with Gasteiger partial charge in [0, 0.05) is 47.9 Å². The molecule has 0 unspecified atom stereocenters. The lowest BCUT2D eigenvalue weighted by molar-refractivity contribution is 0.0378. The van der Waals surface area contributed by atoms with Gasteiger partial charge in [0.1, 0.15) is 16.4 Å². The predicted molar refractivity (Wildman–Crippen MR) is 142 cm³/mol. The lowest BCUT2D eigenvalue weighted by Gasteiger charge is -2.48. The summed E-state index contributed by atoms with van der Waals surface area (Å²) in [6.45, 7) is 2.44. The maximum atomic E-state index is 14.4. The Bertz CT molecular complexity index is 1460. The predicted octanol–water partition coefficient (Wildman–Crippen LogP) is 4.66. The fourth-order valence-electron chi connectivity index (χ4n) is 5.30. The van der Waals surface area contributed by atoms with Crippen molar-refractivity contribution in [3.8, 4) is 29.3 Å². The second-order valence-electron chi connectivity index (χ2n) is 9.50. The van der Waals surface area contributed by atoms with E-state index < -0.39 is 10.0 Å². The Morgan fingerprint density at radius 2 is 1.68 bits per heavy atom. The van der Waals surface area contributed by atoms with E-state index in [9.17, 15) is 23.9 Å². The molecule has 1 atom stereocenters. The Morgan fingerprint density at radius 1 is 1.03 bits per heavy atom. The highest BCUT2D eigenvalue weighted by Gasteiger charge is 2.43. The number of halogens is 2. The van der Waals surface area contributed by atoms with Crippen molar-refractivity contribution in [2.45, 2.75) is 30.3 Å². The highest BCUT2D eigenvalue weighted by atomic mass is 35.5. The van der Waals surface area contributed by atoms with Crippen molar-refractivity contribution in [1.82, 2.24) is 13.8 Å². The van der Waals surface area contributed by atoms with Gasteiger partial charge in [0.2, 0.25) is 10.0 Å². The number of fused-ring (bicyclic) bond motifs is 3. The van der Waals surface area contributed by atoms with Crippen LogP contribution >= 0.6 is 23.2 Å². The molecule has 2 N–H and O–H groups in total. The van der Waals surface area contributed by atoms with Crippen LogP contribution in [0.25, 0.3) is 0 Å². The molecule has 0 aliphatic carbocycles. The van der Waals surface area contributed by atoms with Gasteiger partial charge in [-0.3, -0.25) is 4.57 Å². The maximum Gasteiger partial charge on any atom is 0.247 e. The van der Waals surface area contributed by atoms with Crippen LogP contribution in [0, 0.1) is 17.2 Å². The van der Waals surface area contributed by atoms with Crippen LogP contribution < -0.4 is 4.74 Å². The Labute approximate surface area is 231 Å². The first kappa shape index (κ1) is 26.7. The molecule has 2 aromatic carbocycles. The van der Waals surface area contributed by atoms with Crippen LogP contribution in [-0.4, -0.2) is 64.6 Å². The van der Waals surface area contributed by atoms with Crippen LogP contribution in [0.3, 0.4) is 0 Å². The molecule has 3 fully saturated rings. The number of nitriles is 1. The van der Waals surface area contributed by atoms with Crippen molar-refractivity contribution in [3.05, 3.63) is 64.1 Å². The van der Waals surface area contributed by atoms with Crippen molar-refractivity contribution < 1.29 is 23.4 Å². The van der Waals surface area contributed by atoms with Gasteiger partial charge in [0.05, 0.1) is 11.6 Å². The van der Waals surface area contributed by atoms with E-state index in [0.29, 0.717) is 16.6 Å². The minimum Gasteiger partial charge on any atom is -0.494 e. The Balaban J connectivity index is 1.56. The third-order valence-electron chi connectivity index (χ3n) is 7.19. The zero-order valence-electron chi connectivity index (χ0n) is 20.3. The highest BCUT2D eigenvalue weighted by molar-refractivity contribution is 7.89. The lowest BCUT2D eigenvalue weighted by atomic mass is 9.84. The average molecular weight is 577 g/mol. The third kappa shape index (κ3) is 5.30. The summed E-state index contributed by atoms with van der Waals surface area (Å²) in [5.41, 5.74) is 0.162. The Morgan fingerprint density at radius 3 is 2.26 bits per heavy atom. The zero-order valence-corrected chi connectivity index (χ0v) is 22.6. The molecule has 12 heteroatoms. The van der Waals surface area contributed by atoms with Gasteiger partial charge in [-0.1, -0.05) is 23.2 Å². The minimum absolute atomic E-state index is 0.00758. The quantitative estimate of drug-likeness (QED) is 0.400. The molecule has 6 rings (SSSR count). The summed E-state index contributed by atoms with van der Waals surface area (Å²) in [6, 6.07) is 13.2. The molecule has 0 spiro atoms. The van der Waals surface area contributed by atoms with Gasteiger partial charge < -0.3 is 19.8 Å². The summed E-state index contributed by atoms with van der Waals surface area (Å²) in [5, 5.41) is 30.5. The summed E-state index contributed by atoms with van der Waals surface area (Å²) in [4.78, 5) is 2.08. The molecule has 0 saturated carbocycles. The maximum absolute atomic E-state index is 14.4. The number of piperidine rings is 3. The van der Waals surface area contributed by atoms with Gasteiger partial charge in [-0.2, -0.15) is 9.57 Å². The van der Waals surface area contributed by atoms with Crippen molar-refractivity contribution >= 4 is 33.2 Å². The van der Waals surface area contributed by atoms with Crippen molar-refractivity contribution in [2.24, 2.45) is 5.92 Å². The van der Waals surface area contributed by atoms with Gasteiger partial charge in [0.25, 0.3) is 0 Å². The number of benzene rings is 2. The minimum atomic E-state index is -4.22. The first-order valence-electron chi connectivity index (χ1n) is 12.2. The smallest absolute Gasteiger partial charge is 0.247 e. The van der Waals surface area contributed by atoms with E-state index in [1.165, 1.54) is 57.4 Å². The number of rotatable bonds is 8. The van der Waals surface area contributed by atoms with E-state index >= 15 is 0 Å². The van der Waals surface area contributed by atoms with E-state index in [2.05, 4.69) is 4.90 Å². The van der Waals surface area contributed by atoms with E-state index in [1.807, 2.05) is 6.07 Å². The molecular weight excluding hydrogens is 551 g/mol. The normalized spacial score (nSPS) is 20.9. The van der Waals surface area contributed by atoms with E-state index in [-0.39, 0.29) is 58.8 Å². The molecular formula is C26H26Cl2N4O5S. The molecule has 3 aliphatic heterocycles. The summed E-state index contributed by atoms with van der Waals surface area (Å²) >= 11 is 12.2. The fourth-order valence-corrected chi connectivity index (χ4v) is 7.62. The van der Waals surface area contributed by atoms with Crippen LogP contribution in [0.5, 0.6) is 23.3 Å². The van der Waals surface area contributed by atoms with Crippen molar-refractivity contribution in [1.29, 1.82) is 5.26 Å². The van der Waals surface area contributed by atoms with E-state index in [0.717, 1.165) is 25.9 Å². The monoisotopic (exact) mass is 576 g/mol. The van der Waals surface area contributed by atoms with Gasteiger partial charge >= 0.3 is 0 Å². The fraction of sp³-hybridized carbons (Fsp3) is 0.346. The third-order valence-corrected chi connectivity index (χ3v) is 9.58. The summed E-state index contributed by atoms with van der Waals surface area (Å²) in [7, 11) is -4.22. The molecule has 0 radical (unpaired) electrons. The molecule has 0 amide bonds. The molecule has 38 heavy (non-hydrogen) atoms. The van der Waals surface area contributed by atoms with Crippen LogP contribution in [0.15, 0.2) is 53.4 Å². The van der Waals surface area contributed by atoms with Crippen molar-refractivity contribution in [3.63, 3.8) is 0 Å². The van der Waals surface area contributed by atoms with Crippen LogP contribution in [0.1, 0.15) is 18.4 Å². The molecule has 3 aromatic rings. The van der Waals surface area contributed by atoms with E-state index in [4.69, 9.17) is 27.9 Å². The summed E-state index contributed by atoms with van der Waals surface area (Å²) in [5.74, 6) is 0.113. The zero-order chi connectivity index (χ0) is 27.0. The molecule has 9 nitrogen and oxygen atoms in total. The standard InChI is InChI=1S/C26H26Cl2N4O5S/c27-19-12-20(28)14-21(13-19)37-23-2-1-17(15-29)11-24(23)38(35,36)32(10-9-31-25(33)3-4-26(31)34)22-16-30-7-5-18(22)6-8-30/h1-4,11-14,18,22,33-34H,5-10,16H2/t22-/m0/s1. The van der Waals surface area contributed by atoms with Crippen LogP contribution in [-0.2, 0) is 16.6 Å². The Hall–Kier alpha value is -2.94. The molecule has 3 saturated heterocycles. The second kappa shape index (κ2) is 10.7. The number of ether oxygens (including phenoxy) is 1. The number of sulfonamides is 1.